The van der Waals surface area contributed by atoms with Gasteiger partial charge in [-0.1, -0.05) is 81.3 Å². The van der Waals surface area contributed by atoms with Crippen molar-refractivity contribution < 1.29 is 9.47 Å². The summed E-state index contributed by atoms with van der Waals surface area (Å²) in [5.41, 5.74) is 0. The highest BCUT2D eigenvalue weighted by Crippen LogP contribution is 2.33. The zero-order valence-corrected chi connectivity index (χ0v) is 18.4. The monoisotopic (exact) mass is 406 g/mol. The zero-order chi connectivity index (χ0) is 20.3. The van der Waals surface area contributed by atoms with E-state index in [1.165, 1.54) is 15.9 Å². The minimum atomic E-state index is -0.614. The number of rotatable bonds is 11. The Morgan fingerprint density at radius 1 is 0.552 bits per heavy atom. The highest BCUT2D eigenvalue weighted by molar-refractivity contribution is 7.79. The highest BCUT2D eigenvalue weighted by atomic mass is 31.1. The first-order valence-electron chi connectivity index (χ1n) is 10.6. The Morgan fingerprint density at radius 3 is 1.38 bits per heavy atom. The van der Waals surface area contributed by atoms with Crippen molar-refractivity contribution in [1.82, 2.24) is 0 Å². The van der Waals surface area contributed by atoms with Gasteiger partial charge in [0, 0.05) is 0 Å². The maximum absolute atomic E-state index is 5.85. The van der Waals surface area contributed by atoms with Crippen LogP contribution in [0.5, 0.6) is 11.5 Å². The Kier molecular flexibility index (Phi) is 8.58. The van der Waals surface area contributed by atoms with E-state index in [1.54, 1.807) is 0 Å². The van der Waals surface area contributed by atoms with E-state index in [9.17, 15) is 0 Å². The molecule has 0 aliphatic rings. The van der Waals surface area contributed by atoms with E-state index in [2.05, 4.69) is 92.7 Å². The van der Waals surface area contributed by atoms with Crippen LogP contribution >= 0.6 is 7.92 Å². The lowest BCUT2D eigenvalue weighted by Crippen LogP contribution is -2.20. The summed E-state index contributed by atoms with van der Waals surface area (Å²) in [5.74, 6) is 1.90. The summed E-state index contributed by atoms with van der Waals surface area (Å²) in [6, 6.07) is 28.0. The molecular weight excluding hydrogens is 375 g/mol. The van der Waals surface area contributed by atoms with Crippen LogP contribution in [0.15, 0.2) is 78.9 Å². The summed E-state index contributed by atoms with van der Waals surface area (Å²) in [6.07, 6.45) is 4.47. The van der Waals surface area contributed by atoms with E-state index in [0.717, 1.165) is 50.4 Å². The molecule has 2 nitrogen and oxygen atoms in total. The van der Waals surface area contributed by atoms with Gasteiger partial charge in [0.05, 0.1) is 13.2 Å². The average molecular weight is 407 g/mol. The van der Waals surface area contributed by atoms with Crippen LogP contribution in [0, 0.1) is 0 Å². The second-order valence-corrected chi connectivity index (χ2v) is 9.28. The number of unbranched alkanes of at least 4 members (excludes halogenated alkanes) is 2. The van der Waals surface area contributed by atoms with Crippen molar-refractivity contribution in [3.63, 3.8) is 0 Å². The minimum absolute atomic E-state index is 0.614. The van der Waals surface area contributed by atoms with E-state index < -0.39 is 7.92 Å². The third-order valence-electron chi connectivity index (χ3n) is 4.74. The lowest BCUT2D eigenvalue weighted by Gasteiger charge is -2.20. The fourth-order valence-electron chi connectivity index (χ4n) is 3.08. The molecule has 0 atom stereocenters. The maximum atomic E-state index is 5.85. The quantitative estimate of drug-likeness (QED) is 0.296. The van der Waals surface area contributed by atoms with E-state index in [1.807, 2.05) is 0 Å². The van der Waals surface area contributed by atoms with Gasteiger partial charge in [-0.2, -0.15) is 0 Å². The first-order valence-corrected chi connectivity index (χ1v) is 12.0. The molecule has 152 valence electrons. The van der Waals surface area contributed by atoms with Crippen LogP contribution in [0.2, 0.25) is 0 Å². The van der Waals surface area contributed by atoms with Gasteiger partial charge in [0.15, 0.2) is 0 Å². The Labute approximate surface area is 176 Å². The first-order chi connectivity index (χ1) is 14.3. The molecule has 3 heteroatoms. The highest BCUT2D eigenvalue weighted by Gasteiger charge is 2.16. The largest absolute Gasteiger partial charge is 0.494 e. The lowest BCUT2D eigenvalue weighted by molar-refractivity contribution is 0.309. The number of benzene rings is 3. The van der Waals surface area contributed by atoms with Gasteiger partial charge in [-0.25, -0.2) is 0 Å². The molecule has 3 aromatic carbocycles. The Hall–Kier alpha value is -2.31. The molecule has 0 amide bonds. The van der Waals surface area contributed by atoms with Crippen molar-refractivity contribution in [2.24, 2.45) is 0 Å². The molecule has 0 aliphatic heterocycles. The summed E-state index contributed by atoms with van der Waals surface area (Å²) in [6.45, 7) is 5.92. The predicted molar refractivity (Wildman–Crippen MR) is 126 cm³/mol. The third kappa shape index (κ3) is 6.34. The van der Waals surface area contributed by atoms with Gasteiger partial charge in [0.1, 0.15) is 11.5 Å². The SMILES string of the molecule is CCCCOc1ccc(P(c2ccccc2)c2ccc(OCCCC)cc2)cc1. The fraction of sp³-hybridized carbons (Fsp3) is 0.308. The molecule has 0 fully saturated rings. The van der Waals surface area contributed by atoms with Crippen LogP contribution in [0.25, 0.3) is 0 Å². The first kappa shape index (κ1) is 21.4. The van der Waals surface area contributed by atoms with Crippen LogP contribution in [0.1, 0.15) is 39.5 Å². The van der Waals surface area contributed by atoms with Crippen LogP contribution < -0.4 is 25.4 Å². The van der Waals surface area contributed by atoms with Crippen molar-refractivity contribution in [2.75, 3.05) is 13.2 Å². The Balaban J connectivity index is 1.82. The van der Waals surface area contributed by atoms with Crippen LogP contribution in [0.4, 0.5) is 0 Å². The topological polar surface area (TPSA) is 18.5 Å². The molecule has 0 radical (unpaired) electrons. The second kappa shape index (κ2) is 11.6. The molecule has 0 spiro atoms. The third-order valence-corrected chi connectivity index (χ3v) is 7.18. The summed E-state index contributed by atoms with van der Waals surface area (Å²) in [4.78, 5) is 0. The lowest BCUT2D eigenvalue weighted by atomic mass is 10.3. The number of hydrogen-bond acceptors (Lipinski definition) is 2. The van der Waals surface area contributed by atoms with Crippen molar-refractivity contribution in [2.45, 2.75) is 39.5 Å². The van der Waals surface area contributed by atoms with Gasteiger partial charge < -0.3 is 9.47 Å². The molecule has 0 bridgehead atoms. The molecular formula is C26H31O2P. The molecule has 0 saturated carbocycles. The van der Waals surface area contributed by atoms with Gasteiger partial charge in [-0.05, 0) is 60.9 Å². The predicted octanol–water partition coefficient (Wildman–Crippen LogP) is 5.80. The second-order valence-electron chi connectivity index (χ2n) is 7.06. The van der Waals surface area contributed by atoms with Gasteiger partial charge in [0.2, 0.25) is 0 Å². The van der Waals surface area contributed by atoms with Crippen molar-refractivity contribution in [3.8, 4) is 11.5 Å². The van der Waals surface area contributed by atoms with Crippen molar-refractivity contribution in [3.05, 3.63) is 78.9 Å². The summed E-state index contributed by atoms with van der Waals surface area (Å²) >= 11 is 0. The Bertz CT molecular complexity index is 775. The Morgan fingerprint density at radius 2 is 0.966 bits per heavy atom. The van der Waals surface area contributed by atoms with Crippen molar-refractivity contribution in [1.29, 1.82) is 0 Å². The van der Waals surface area contributed by atoms with Gasteiger partial charge in [-0.3, -0.25) is 0 Å². The molecule has 3 rings (SSSR count). The molecule has 0 aromatic heterocycles. The van der Waals surface area contributed by atoms with Crippen LogP contribution in [-0.2, 0) is 0 Å². The zero-order valence-electron chi connectivity index (χ0n) is 17.5. The van der Waals surface area contributed by atoms with Gasteiger partial charge in [-0.15, -0.1) is 0 Å². The maximum Gasteiger partial charge on any atom is 0.119 e. The van der Waals surface area contributed by atoms with Crippen LogP contribution in [0.3, 0.4) is 0 Å². The van der Waals surface area contributed by atoms with E-state index in [4.69, 9.17) is 9.47 Å². The molecule has 29 heavy (non-hydrogen) atoms. The summed E-state index contributed by atoms with van der Waals surface area (Å²) in [7, 11) is -0.614. The van der Waals surface area contributed by atoms with E-state index in [-0.39, 0.29) is 0 Å². The molecule has 3 aromatic rings. The number of hydrogen-bond donors (Lipinski definition) is 0. The normalized spacial score (nSPS) is 10.9. The molecule has 0 heterocycles. The van der Waals surface area contributed by atoms with E-state index in [0.29, 0.717) is 0 Å². The van der Waals surface area contributed by atoms with Gasteiger partial charge in [0.25, 0.3) is 0 Å². The fourth-order valence-corrected chi connectivity index (χ4v) is 5.33. The smallest absolute Gasteiger partial charge is 0.119 e. The summed E-state index contributed by atoms with van der Waals surface area (Å²) in [5, 5.41) is 4.00. The number of ether oxygens (including phenoxy) is 2. The average Bonchev–Trinajstić information content (AvgIpc) is 2.77. The molecule has 0 N–H and O–H groups in total. The standard InChI is InChI=1S/C26H31O2P/c1-3-5-20-27-22-12-16-25(17-13-22)29(24-10-8-7-9-11-24)26-18-14-23(15-19-26)28-21-6-4-2/h7-19H,3-6,20-21H2,1-2H3. The molecule has 0 unspecified atom stereocenters. The van der Waals surface area contributed by atoms with Crippen LogP contribution in [-0.4, -0.2) is 13.2 Å². The molecule has 0 aliphatic carbocycles. The van der Waals surface area contributed by atoms with Crippen molar-refractivity contribution >= 4 is 23.8 Å². The minimum Gasteiger partial charge on any atom is -0.494 e. The summed E-state index contributed by atoms with van der Waals surface area (Å²) < 4.78 is 11.7. The molecule has 0 saturated heterocycles. The van der Waals surface area contributed by atoms with E-state index >= 15 is 0 Å². The van der Waals surface area contributed by atoms with Gasteiger partial charge >= 0.3 is 0 Å².